The highest BCUT2D eigenvalue weighted by atomic mass is 32.2. The van der Waals surface area contributed by atoms with Crippen molar-refractivity contribution in [1.29, 1.82) is 0 Å². The number of nitrogens with zero attached hydrogens (tertiary/aromatic N) is 3. The minimum atomic E-state index is -3.53. The molecule has 0 radical (unpaired) electrons. The van der Waals surface area contributed by atoms with Gasteiger partial charge in [-0.1, -0.05) is 12.8 Å². The molecular weight excluding hydrogens is 418 g/mol. The summed E-state index contributed by atoms with van der Waals surface area (Å²) in [5.41, 5.74) is 0.466. The molecule has 1 aromatic carbocycles. The molecule has 3 aliphatic rings. The van der Waals surface area contributed by atoms with Crippen LogP contribution in [-0.2, 0) is 19.6 Å². The summed E-state index contributed by atoms with van der Waals surface area (Å²) in [4.78, 5) is 29.1. The van der Waals surface area contributed by atoms with Crippen LogP contribution < -0.4 is 0 Å². The predicted octanol–water partition coefficient (Wildman–Crippen LogP) is 1.71. The number of amides is 2. The summed E-state index contributed by atoms with van der Waals surface area (Å²) < 4.78 is 32.9. The van der Waals surface area contributed by atoms with Crippen LogP contribution in [0.5, 0.6) is 0 Å². The quantitative estimate of drug-likeness (QED) is 0.699. The molecule has 0 N–H and O–H groups in total. The smallest absolute Gasteiger partial charge is 0.253 e. The monoisotopic (exact) mass is 449 g/mol. The Morgan fingerprint density at radius 3 is 2.00 bits per heavy atom. The van der Waals surface area contributed by atoms with Gasteiger partial charge in [0.05, 0.1) is 4.90 Å². The molecule has 3 fully saturated rings. The van der Waals surface area contributed by atoms with Gasteiger partial charge in [0.1, 0.15) is 6.10 Å². The first kappa shape index (κ1) is 22.2. The number of hydrogen-bond donors (Lipinski definition) is 0. The van der Waals surface area contributed by atoms with E-state index in [-0.39, 0.29) is 22.8 Å². The minimum absolute atomic E-state index is 0.0210. The maximum atomic E-state index is 12.9. The van der Waals surface area contributed by atoms with Gasteiger partial charge in [0, 0.05) is 51.4 Å². The standard InChI is InChI=1S/C22H31N3O5S/c26-21(23-13-15-24(16-14-23)22(27)20-6-5-17-30-20)18-7-9-19(10-8-18)31(28,29)25-11-3-1-2-4-12-25/h7-10,20H,1-6,11-17H2. The summed E-state index contributed by atoms with van der Waals surface area (Å²) >= 11 is 0. The van der Waals surface area contributed by atoms with Gasteiger partial charge in [0.25, 0.3) is 11.8 Å². The molecule has 3 saturated heterocycles. The Hall–Kier alpha value is -1.97. The molecule has 31 heavy (non-hydrogen) atoms. The first-order valence-electron chi connectivity index (χ1n) is 11.3. The molecule has 170 valence electrons. The molecule has 1 atom stereocenters. The molecule has 1 aromatic rings. The van der Waals surface area contributed by atoms with Gasteiger partial charge in [0.2, 0.25) is 10.0 Å². The van der Waals surface area contributed by atoms with Gasteiger partial charge in [0.15, 0.2) is 0 Å². The lowest BCUT2D eigenvalue weighted by Crippen LogP contribution is -2.52. The van der Waals surface area contributed by atoms with Crippen LogP contribution >= 0.6 is 0 Å². The number of carbonyl (C=O) groups excluding carboxylic acids is 2. The van der Waals surface area contributed by atoms with E-state index in [9.17, 15) is 18.0 Å². The maximum absolute atomic E-state index is 12.9. The van der Waals surface area contributed by atoms with Crippen molar-refractivity contribution in [2.24, 2.45) is 0 Å². The highest BCUT2D eigenvalue weighted by molar-refractivity contribution is 7.89. The van der Waals surface area contributed by atoms with E-state index in [1.54, 1.807) is 26.2 Å². The van der Waals surface area contributed by atoms with Crippen LogP contribution in [0.15, 0.2) is 29.2 Å². The summed E-state index contributed by atoms with van der Waals surface area (Å²) in [6, 6.07) is 6.25. The number of ether oxygens (including phenoxy) is 1. The normalized spacial score (nSPS) is 23.5. The molecule has 0 aromatic heterocycles. The Morgan fingerprint density at radius 2 is 1.42 bits per heavy atom. The number of hydrogen-bond acceptors (Lipinski definition) is 5. The third-order valence-electron chi connectivity index (χ3n) is 6.39. The highest BCUT2D eigenvalue weighted by Crippen LogP contribution is 2.22. The van der Waals surface area contributed by atoms with E-state index in [0.29, 0.717) is 51.4 Å². The Bertz CT molecular complexity index is 880. The maximum Gasteiger partial charge on any atom is 0.253 e. The average molecular weight is 450 g/mol. The third-order valence-corrected chi connectivity index (χ3v) is 8.30. The van der Waals surface area contributed by atoms with Crippen LogP contribution in [0.1, 0.15) is 48.9 Å². The van der Waals surface area contributed by atoms with Gasteiger partial charge in [-0.2, -0.15) is 4.31 Å². The number of benzene rings is 1. The molecule has 0 aliphatic carbocycles. The van der Waals surface area contributed by atoms with Gasteiger partial charge in [-0.25, -0.2) is 8.42 Å². The second kappa shape index (κ2) is 9.67. The van der Waals surface area contributed by atoms with E-state index in [4.69, 9.17) is 4.74 Å². The lowest BCUT2D eigenvalue weighted by molar-refractivity contribution is -0.142. The van der Waals surface area contributed by atoms with Gasteiger partial charge >= 0.3 is 0 Å². The second-order valence-corrected chi connectivity index (χ2v) is 10.4. The summed E-state index contributed by atoms with van der Waals surface area (Å²) in [5.74, 6) is -0.115. The van der Waals surface area contributed by atoms with Crippen molar-refractivity contribution in [1.82, 2.24) is 14.1 Å². The highest BCUT2D eigenvalue weighted by Gasteiger charge is 2.32. The zero-order valence-corrected chi connectivity index (χ0v) is 18.7. The fourth-order valence-corrected chi connectivity index (χ4v) is 6.01. The zero-order valence-electron chi connectivity index (χ0n) is 17.9. The Kier molecular flexibility index (Phi) is 6.93. The zero-order chi connectivity index (χ0) is 21.8. The number of sulfonamides is 1. The van der Waals surface area contributed by atoms with Gasteiger partial charge in [-0.3, -0.25) is 9.59 Å². The van der Waals surface area contributed by atoms with E-state index in [2.05, 4.69) is 0 Å². The average Bonchev–Trinajstić information content (AvgIpc) is 3.20. The first-order chi connectivity index (χ1) is 15.0. The number of carbonyl (C=O) groups is 2. The van der Waals surface area contributed by atoms with Gasteiger partial charge in [-0.05, 0) is 49.9 Å². The SMILES string of the molecule is O=C(c1ccc(S(=O)(=O)N2CCCCCC2)cc1)N1CCN(C(=O)C2CCCO2)CC1. The van der Waals surface area contributed by atoms with E-state index in [0.717, 1.165) is 38.5 Å². The van der Waals surface area contributed by atoms with Crippen molar-refractivity contribution in [2.75, 3.05) is 45.9 Å². The van der Waals surface area contributed by atoms with Crippen molar-refractivity contribution in [2.45, 2.75) is 49.5 Å². The van der Waals surface area contributed by atoms with Crippen LogP contribution in [0.25, 0.3) is 0 Å². The first-order valence-corrected chi connectivity index (χ1v) is 12.7. The van der Waals surface area contributed by atoms with Crippen LogP contribution in [0.3, 0.4) is 0 Å². The van der Waals surface area contributed by atoms with Crippen LogP contribution in [0.4, 0.5) is 0 Å². The topological polar surface area (TPSA) is 87.2 Å². The molecule has 9 heteroatoms. The summed E-state index contributed by atoms with van der Waals surface area (Å²) in [6.07, 6.45) is 5.25. The van der Waals surface area contributed by atoms with Crippen LogP contribution in [-0.4, -0.2) is 86.3 Å². The summed E-state index contributed by atoms with van der Waals surface area (Å²) in [5, 5.41) is 0. The van der Waals surface area contributed by atoms with E-state index in [1.165, 1.54) is 12.1 Å². The molecule has 2 amide bonds. The van der Waals surface area contributed by atoms with Gasteiger partial charge < -0.3 is 14.5 Å². The van der Waals surface area contributed by atoms with Crippen molar-refractivity contribution < 1.29 is 22.7 Å². The summed E-state index contributed by atoms with van der Waals surface area (Å²) in [7, 11) is -3.53. The fraction of sp³-hybridized carbons (Fsp3) is 0.636. The van der Waals surface area contributed by atoms with Crippen LogP contribution in [0, 0.1) is 0 Å². The Balaban J connectivity index is 1.36. The summed E-state index contributed by atoms with van der Waals surface area (Å²) in [6.45, 7) is 3.65. The lowest BCUT2D eigenvalue weighted by atomic mass is 10.1. The minimum Gasteiger partial charge on any atom is -0.368 e. The lowest BCUT2D eigenvalue weighted by Gasteiger charge is -2.35. The van der Waals surface area contributed by atoms with E-state index in [1.807, 2.05) is 0 Å². The number of rotatable bonds is 4. The predicted molar refractivity (Wildman–Crippen MR) is 115 cm³/mol. The van der Waals surface area contributed by atoms with E-state index < -0.39 is 10.0 Å². The van der Waals surface area contributed by atoms with E-state index >= 15 is 0 Å². The molecule has 8 nitrogen and oxygen atoms in total. The van der Waals surface area contributed by atoms with Crippen molar-refractivity contribution in [3.8, 4) is 0 Å². The van der Waals surface area contributed by atoms with Gasteiger partial charge in [-0.15, -0.1) is 0 Å². The Morgan fingerprint density at radius 1 is 0.806 bits per heavy atom. The molecule has 0 bridgehead atoms. The van der Waals surface area contributed by atoms with Crippen molar-refractivity contribution in [3.63, 3.8) is 0 Å². The van der Waals surface area contributed by atoms with Crippen LogP contribution in [0.2, 0.25) is 0 Å². The number of piperazine rings is 1. The molecule has 1 unspecified atom stereocenters. The molecule has 4 rings (SSSR count). The third kappa shape index (κ3) is 4.94. The van der Waals surface area contributed by atoms with Crippen molar-refractivity contribution in [3.05, 3.63) is 29.8 Å². The van der Waals surface area contributed by atoms with Crippen molar-refractivity contribution >= 4 is 21.8 Å². The molecule has 3 aliphatic heterocycles. The Labute approximate surface area is 184 Å². The molecule has 0 spiro atoms. The molecule has 0 saturated carbocycles. The molecular formula is C22H31N3O5S. The fourth-order valence-electron chi connectivity index (χ4n) is 4.49. The largest absolute Gasteiger partial charge is 0.368 e. The second-order valence-electron chi connectivity index (χ2n) is 8.46. The molecule has 3 heterocycles.